The maximum atomic E-state index is 11.9. The van der Waals surface area contributed by atoms with Gasteiger partial charge in [0.25, 0.3) is 11.8 Å². The van der Waals surface area contributed by atoms with Crippen molar-refractivity contribution in [1.82, 2.24) is 0 Å². The van der Waals surface area contributed by atoms with Crippen molar-refractivity contribution in [1.29, 1.82) is 0 Å². The van der Waals surface area contributed by atoms with Gasteiger partial charge in [0.15, 0.2) is 5.96 Å². The lowest BCUT2D eigenvalue weighted by Crippen LogP contribution is -2.24. The number of carbonyl (C=O) groups is 2. The second-order valence-corrected chi connectivity index (χ2v) is 7.52. The van der Waals surface area contributed by atoms with Gasteiger partial charge < -0.3 is 21.6 Å². The molecule has 0 saturated carbocycles. The Bertz CT molecular complexity index is 1380. The number of fused-ring (bicyclic) bond motifs is 1. The summed E-state index contributed by atoms with van der Waals surface area (Å²) in [5.74, 6) is -1.01. The van der Waals surface area contributed by atoms with Crippen molar-refractivity contribution < 1.29 is 14.0 Å². The minimum atomic E-state index is -0.462. The fourth-order valence-corrected chi connectivity index (χ4v) is 3.49. The molecular formula is C26H25N5O3. The highest BCUT2D eigenvalue weighted by molar-refractivity contribution is 6.03. The van der Waals surface area contributed by atoms with Crippen molar-refractivity contribution in [2.45, 2.75) is 13.8 Å². The lowest BCUT2D eigenvalue weighted by atomic mass is 10.00. The van der Waals surface area contributed by atoms with Crippen LogP contribution in [0.2, 0.25) is 0 Å². The monoisotopic (exact) mass is 455 g/mol. The van der Waals surface area contributed by atoms with Crippen LogP contribution in [0.1, 0.15) is 31.8 Å². The highest BCUT2D eigenvalue weighted by Gasteiger charge is 2.09. The third-order valence-corrected chi connectivity index (χ3v) is 4.81. The summed E-state index contributed by atoms with van der Waals surface area (Å²) in [6.07, 6.45) is 2.66. The van der Waals surface area contributed by atoms with Gasteiger partial charge in [-0.25, -0.2) is 0 Å². The number of amides is 2. The first-order chi connectivity index (χ1) is 16.3. The predicted octanol–water partition coefficient (Wildman–Crippen LogP) is 3.94. The van der Waals surface area contributed by atoms with Gasteiger partial charge in [-0.3, -0.25) is 9.59 Å². The molecule has 0 bridgehead atoms. The van der Waals surface area contributed by atoms with Gasteiger partial charge >= 0.3 is 0 Å². The molecule has 0 aliphatic carbocycles. The Kier molecular flexibility index (Phi) is 7.56. The summed E-state index contributed by atoms with van der Waals surface area (Å²) < 4.78 is 5.39. The van der Waals surface area contributed by atoms with Gasteiger partial charge in [0, 0.05) is 16.5 Å². The van der Waals surface area contributed by atoms with Crippen LogP contribution >= 0.6 is 0 Å². The van der Waals surface area contributed by atoms with Crippen molar-refractivity contribution in [2.75, 3.05) is 0 Å². The molecule has 34 heavy (non-hydrogen) atoms. The number of aryl methyl sites for hydroxylation is 2. The third-order valence-electron chi connectivity index (χ3n) is 4.81. The predicted molar refractivity (Wildman–Crippen MR) is 135 cm³/mol. The molecular weight excluding hydrogens is 430 g/mol. The number of benzene rings is 3. The molecule has 0 aliphatic heterocycles. The average molecular weight is 456 g/mol. The summed E-state index contributed by atoms with van der Waals surface area (Å²) in [5, 5.41) is 0.990. The number of hydrogen-bond acceptors (Lipinski definition) is 3. The maximum Gasteiger partial charge on any atom is 0.280 e. The van der Waals surface area contributed by atoms with Crippen LogP contribution in [0.3, 0.4) is 0 Å². The highest BCUT2D eigenvalue weighted by atomic mass is 16.3. The number of hydrogen-bond donors (Lipinski definition) is 3. The summed E-state index contributed by atoms with van der Waals surface area (Å²) in [5.41, 5.74) is 21.3. The summed E-state index contributed by atoms with van der Waals surface area (Å²) >= 11 is 0. The van der Waals surface area contributed by atoms with Crippen molar-refractivity contribution in [2.24, 2.45) is 27.2 Å². The second-order valence-electron chi connectivity index (χ2n) is 7.52. The molecule has 0 atom stereocenters. The molecule has 0 saturated heterocycles. The maximum absolute atomic E-state index is 11.9. The molecule has 0 aliphatic rings. The number of guanidine groups is 1. The van der Waals surface area contributed by atoms with Crippen molar-refractivity contribution in [3.05, 3.63) is 95.2 Å². The Labute approximate surface area is 196 Å². The minimum Gasteiger partial charge on any atom is -0.464 e. The number of carbonyl (C=O) groups excluding carboxylic acids is 2. The highest BCUT2D eigenvalue weighted by Crippen LogP contribution is 2.29. The summed E-state index contributed by atoms with van der Waals surface area (Å²) in [6.45, 7) is 3.88. The zero-order chi connectivity index (χ0) is 24.7. The van der Waals surface area contributed by atoms with Gasteiger partial charge in [0.05, 0.1) is 12.6 Å². The summed E-state index contributed by atoms with van der Waals surface area (Å²) in [7, 11) is 0. The van der Waals surface area contributed by atoms with Crippen LogP contribution in [-0.4, -0.2) is 24.1 Å². The van der Waals surface area contributed by atoms with Crippen molar-refractivity contribution in [3.63, 3.8) is 0 Å². The Balaban J connectivity index is 0.000000215. The van der Waals surface area contributed by atoms with Crippen LogP contribution < -0.4 is 17.2 Å². The van der Waals surface area contributed by atoms with E-state index in [-0.39, 0.29) is 11.9 Å². The Morgan fingerprint density at radius 2 is 1.56 bits per heavy atom. The zero-order valence-corrected chi connectivity index (χ0v) is 18.9. The molecule has 6 N–H and O–H groups in total. The lowest BCUT2D eigenvalue weighted by Gasteiger charge is -2.05. The van der Waals surface area contributed by atoms with Gasteiger partial charge in [-0.2, -0.15) is 9.98 Å². The molecule has 1 heterocycles. The normalized spacial score (nSPS) is 10.5. The summed E-state index contributed by atoms with van der Waals surface area (Å²) in [6, 6.07) is 20.4. The first kappa shape index (κ1) is 23.9. The van der Waals surface area contributed by atoms with E-state index in [0.717, 1.165) is 39.6 Å². The van der Waals surface area contributed by atoms with E-state index in [0.29, 0.717) is 11.1 Å². The van der Waals surface area contributed by atoms with E-state index in [4.69, 9.17) is 21.6 Å². The Morgan fingerprint density at radius 3 is 2.24 bits per heavy atom. The number of furan rings is 1. The fourth-order valence-electron chi connectivity index (χ4n) is 3.49. The topological polar surface area (TPSA) is 150 Å². The first-order valence-electron chi connectivity index (χ1n) is 10.4. The Morgan fingerprint density at radius 1 is 0.853 bits per heavy atom. The molecule has 8 heteroatoms. The SMILES string of the molecule is Cc1cc(C)cc(C(=O)N=CN)c1.NC(N)=NC(=O)c1cccc(-c2cccc3occc23)c1. The van der Waals surface area contributed by atoms with Gasteiger partial charge in [-0.15, -0.1) is 0 Å². The van der Waals surface area contributed by atoms with E-state index >= 15 is 0 Å². The van der Waals surface area contributed by atoms with E-state index in [1.807, 2.05) is 50.2 Å². The molecule has 0 spiro atoms. The standard InChI is InChI=1S/C16H13N3O2.C10H12N2O/c17-16(18)19-15(20)11-4-1-3-10(9-11)12-5-2-6-14-13(12)7-8-21-14;1-7-3-8(2)5-9(4-7)10(13)12-6-11/h1-9H,(H4,17,18,19,20);3-6H,1-2H3,(H2,11,12,13). The second kappa shape index (κ2) is 10.7. The van der Waals surface area contributed by atoms with Crippen LogP contribution in [0.25, 0.3) is 22.1 Å². The zero-order valence-electron chi connectivity index (χ0n) is 18.9. The van der Waals surface area contributed by atoms with Gasteiger partial charge in [-0.05, 0) is 61.4 Å². The van der Waals surface area contributed by atoms with Crippen LogP contribution in [0.4, 0.5) is 0 Å². The van der Waals surface area contributed by atoms with E-state index < -0.39 is 5.91 Å². The van der Waals surface area contributed by atoms with Crippen molar-refractivity contribution >= 4 is 35.1 Å². The van der Waals surface area contributed by atoms with Gasteiger partial charge in [-0.1, -0.05) is 41.5 Å². The molecule has 4 aromatic rings. The molecule has 0 unspecified atom stereocenters. The van der Waals surface area contributed by atoms with E-state index in [2.05, 4.69) is 9.98 Å². The van der Waals surface area contributed by atoms with E-state index in [1.54, 1.807) is 36.6 Å². The third kappa shape index (κ3) is 5.95. The van der Waals surface area contributed by atoms with Crippen LogP contribution in [0.15, 0.2) is 87.4 Å². The number of rotatable bonds is 3. The summed E-state index contributed by atoms with van der Waals surface area (Å²) in [4.78, 5) is 30.2. The molecule has 8 nitrogen and oxygen atoms in total. The molecule has 4 rings (SSSR count). The molecule has 3 aromatic carbocycles. The van der Waals surface area contributed by atoms with Crippen LogP contribution in [0, 0.1) is 13.8 Å². The first-order valence-corrected chi connectivity index (χ1v) is 10.4. The molecule has 0 fully saturated rings. The molecule has 2 amide bonds. The average Bonchev–Trinajstić information content (AvgIpc) is 3.28. The molecule has 172 valence electrons. The van der Waals surface area contributed by atoms with Gasteiger partial charge in [0.1, 0.15) is 5.58 Å². The Hall–Kier alpha value is -4.72. The fraction of sp³-hybridized carbons (Fsp3) is 0.0769. The van der Waals surface area contributed by atoms with E-state index in [1.165, 1.54) is 0 Å². The largest absolute Gasteiger partial charge is 0.464 e. The van der Waals surface area contributed by atoms with Crippen LogP contribution in [0.5, 0.6) is 0 Å². The molecule has 0 radical (unpaired) electrons. The lowest BCUT2D eigenvalue weighted by molar-refractivity contribution is 0.0994. The van der Waals surface area contributed by atoms with Gasteiger partial charge in [0.2, 0.25) is 0 Å². The van der Waals surface area contributed by atoms with Crippen LogP contribution in [-0.2, 0) is 0 Å². The van der Waals surface area contributed by atoms with E-state index in [9.17, 15) is 9.59 Å². The number of nitrogens with two attached hydrogens (primary N) is 3. The number of nitrogens with zero attached hydrogens (tertiary/aromatic N) is 2. The molecule has 1 aromatic heterocycles. The minimum absolute atomic E-state index is 0.248. The quantitative estimate of drug-likeness (QED) is 0.314. The van der Waals surface area contributed by atoms with Crippen molar-refractivity contribution in [3.8, 4) is 11.1 Å². The number of aliphatic imine (C=N–C) groups is 2. The smallest absolute Gasteiger partial charge is 0.280 e.